The first-order valence-electron chi connectivity index (χ1n) is 6.13. The largest absolute Gasteiger partial charge is 0.480 e. The predicted molar refractivity (Wildman–Crippen MR) is 73.3 cm³/mol. The van der Waals surface area contributed by atoms with E-state index >= 15 is 0 Å². The Bertz CT molecular complexity index is 165. The number of hydrogen-bond acceptors (Lipinski definition) is 3. The van der Waals surface area contributed by atoms with Crippen LogP contribution in [-0.4, -0.2) is 35.2 Å². The molecule has 0 aliphatic rings. The molecule has 0 bridgehead atoms. The van der Waals surface area contributed by atoms with Gasteiger partial charge < -0.3 is 10.4 Å². The van der Waals surface area contributed by atoms with Crippen LogP contribution >= 0.6 is 11.8 Å². The lowest BCUT2D eigenvalue weighted by molar-refractivity contribution is -0.139. The van der Waals surface area contributed by atoms with E-state index in [1.54, 1.807) is 11.8 Å². The van der Waals surface area contributed by atoms with Gasteiger partial charge in [-0.15, -0.1) is 0 Å². The first-order chi connectivity index (χ1) is 7.65. The smallest absolute Gasteiger partial charge is 0.321 e. The minimum Gasteiger partial charge on any atom is -0.480 e. The van der Waals surface area contributed by atoms with Gasteiger partial charge in [0.1, 0.15) is 6.04 Å². The summed E-state index contributed by atoms with van der Waals surface area (Å²) >= 11 is 1.57. The van der Waals surface area contributed by atoms with Crippen LogP contribution in [-0.2, 0) is 4.79 Å². The third kappa shape index (κ3) is 9.04. The standard InChI is InChI=1S/C10H21NO2S.C2H6/c1-4-6-8(5-2)11-9(7-14-3)10(12)13;1-2/h8-9,11H,4-7H2,1-3H3,(H,12,13);1-2H3. The van der Waals surface area contributed by atoms with Gasteiger partial charge in [0.15, 0.2) is 0 Å². The molecule has 0 heterocycles. The minimum absolute atomic E-state index is 0.341. The van der Waals surface area contributed by atoms with E-state index in [9.17, 15) is 4.79 Å². The number of carbonyl (C=O) groups is 1. The van der Waals surface area contributed by atoms with E-state index in [-0.39, 0.29) is 0 Å². The summed E-state index contributed by atoms with van der Waals surface area (Å²) in [5.74, 6) is -0.107. The molecule has 16 heavy (non-hydrogen) atoms. The summed E-state index contributed by atoms with van der Waals surface area (Å²) in [6.07, 6.45) is 5.07. The molecule has 2 unspecified atom stereocenters. The fourth-order valence-electron chi connectivity index (χ4n) is 1.40. The molecule has 0 aliphatic carbocycles. The third-order valence-corrected chi connectivity index (χ3v) is 2.86. The second kappa shape index (κ2) is 12.8. The molecule has 4 heteroatoms. The zero-order valence-electron chi connectivity index (χ0n) is 11.2. The SMILES string of the molecule is CC.CCCC(CC)NC(CSC)C(=O)O. The Labute approximate surface area is 104 Å². The van der Waals surface area contributed by atoms with E-state index in [4.69, 9.17) is 5.11 Å². The number of hydrogen-bond donors (Lipinski definition) is 2. The Kier molecular flexibility index (Phi) is 14.6. The Morgan fingerprint density at radius 1 is 1.38 bits per heavy atom. The molecule has 0 rings (SSSR count). The number of carboxylic acid groups (broad SMARTS) is 1. The van der Waals surface area contributed by atoms with E-state index in [0.29, 0.717) is 11.8 Å². The van der Waals surface area contributed by atoms with E-state index in [1.807, 2.05) is 20.1 Å². The Balaban J connectivity index is 0. The molecule has 2 atom stereocenters. The molecular formula is C12H27NO2S. The fourth-order valence-corrected chi connectivity index (χ4v) is 1.97. The molecule has 0 saturated carbocycles. The first kappa shape index (κ1) is 18.2. The number of thioether (sulfide) groups is 1. The summed E-state index contributed by atoms with van der Waals surface area (Å²) in [6, 6.07) is -0.0604. The van der Waals surface area contributed by atoms with Gasteiger partial charge in [0.2, 0.25) is 0 Å². The molecule has 98 valence electrons. The maximum Gasteiger partial charge on any atom is 0.321 e. The van der Waals surface area contributed by atoms with Crippen molar-refractivity contribution in [1.29, 1.82) is 0 Å². The highest BCUT2D eigenvalue weighted by atomic mass is 32.2. The van der Waals surface area contributed by atoms with Crippen LogP contribution in [0.5, 0.6) is 0 Å². The Morgan fingerprint density at radius 3 is 2.25 bits per heavy atom. The third-order valence-electron chi connectivity index (χ3n) is 2.20. The van der Waals surface area contributed by atoms with Crippen molar-refractivity contribution in [2.45, 2.75) is 59.0 Å². The quantitative estimate of drug-likeness (QED) is 0.694. The normalized spacial score (nSPS) is 13.6. The topological polar surface area (TPSA) is 49.3 Å². The van der Waals surface area contributed by atoms with Crippen molar-refractivity contribution >= 4 is 17.7 Å². The van der Waals surface area contributed by atoms with Crippen molar-refractivity contribution in [3.8, 4) is 0 Å². The van der Waals surface area contributed by atoms with Crippen molar-refractivity contribution in [3.63, 3.8) is 0 Å². The summed E-state index contributed by atoms with van der Waals surface area (Å²) in [5.41, 5.74) is 0. The predicted octanol–water partition coefficient (Wildman–Crippen LogP) is 3.00. The van der Waals surface area contributed by atoms with Crippen LogP contribution in [0.25, 0.3) is 0 Å². The van der Waals surface area contributed by atoms with Crippen molar-refractivity contribution in [1.82, 2.24) is 5.32 Å². The zero-order valence-corrected chi connectivity index (χ0v) is 12.1. The number of rotatable bonds is 8. The van der Waals surface area contributed by atoms with Gasteiger partial charge in [0.25, 0.3) is 0 Å². The molecular weight excluding hydrogens is 222 g/mol. The molecule has 0 aliphatic heterocycles. The zero-order chi connectivity index (χ0) is 13.0. The van der Waals surface area contributed by atoms with Crippen LogP contribution in [0.15, 0.2) is 0 Å². The van der Waals surface area contributed by atoms with Gasteiger partial charge >= 0.3 is 5.97 Å². The Morgan fingerprint density at radius 2 is 1.94 bits per heavy atom. The molecule has 0 fully saturated rings. The summed E-state index contributed by atoms with van der Waals surface area (Å²) < 4.78 is 0. The van der Waals surface area contributed by atoms with Gasteiger partial charge in [-0.1, -0.05) is 34.1 Å². The molecule has 0 aromatic heterocycles. The van der Waals surface area contributed by atoms with Crippen LogP contribution in [0.4, 0.5) is 0 Å². The average molecular weight is 249 g/mol. The van der Waals surface area contributed by atoms with E-state index < -0.39 is 12.0 Å². The maximum absolute atomic E-state index is 10.9. The number of aliphatic carboxylic acids is 1. The number of carboxylic acids is 1. The molecule has 0 radical (unpaired) electrons. The minimum atomic E-state index is -0.742. The van der Waals surface area contributed by atoms with Gasteiger partial charge in [0, 0.05) is 11.8 Å². The lowest BCUT2D eigenvalue weighted by Gasteiger charge is -2.21. The Hall–Kier alpha value is -0.220. The van der Waals surface area contributed by atoms with Crippen molar-refractivity contribution in [3.05, 3.63) is 0 Å². The van der Waals surface area contributed by atoms with Gasteiger partial charge in [-0.25, -0.2) is 0 Å². The average Bonchev–Trinajstić information content (AvgIpc) is 2.30. The summed E-state index contributed by atoms with van der Waals surface area (Å²) in [6.45, 7) is 8.21. The van der Waals surface area contributed by atoms with Crippen LogP contribution in [0, 0.1) is 0 Å². The molecule has 0 amide bonds. The molecule has 0 saturated heterocycles. The second-order valence-electron chi connectivity index (χ2n) is 3.41. The summed E-state index contributed by atoms with van der Waals surface area (Å²) in [5, 5.41) is 12.1. The van der Waals surface area contributed by atoms with Gasteiger partial charge in [-0.2, -0.15) is 11.8 Å². The molecule has 0 spiro atoms. The van der Waals surface area contributed by atoms with Crippen molar-refractivity contribution in [2.24, 2.45) is 0 Å². The number of nitrogens with one attached hydrogen (secondary N) is 1. The van der Waals surface area contributed by atoms with E-state index in [2.05, 4.69) is 19.2 Å². The fraction of sp³-hybridized carbons (Fsp3) is 0.917. The van der Waals surface area contributed by atoms with Crippen molar-refractivity contribution in [2.75, 3.05) is 12.0 Å². The van der Waals surface area contributed by atoms with Gasteiger partial charge in [-0.05, 0) is 19.1 Å². The van der Waals surface area contributed by atoms with Crippen LogP contribution in [0.1, 0.15) is 47.0 Å². The second-order valence-corrected chi connectivity index (χ2v) is 4.32. The monoisotopic (exact) mass is 249 g/mol. The lowest BCUT2D eigenvalue weighted by atomic mass is 10.1. The molecule has 0 aromatic carbocycles. The summed E-state index contributed by atoms with van der Waals surface area (Å²) in [7, 11) is 0. The molecule has 2 N–H and O–H groups in total. The van der Waals surface area contributed by atoms with E-state index in [0.717, 1.165) is 19.3 Å². The molecule has 3 nitrogen and oxygen atoms in total. The highest BCUT2D eigenvalue weighted by Gasteiger charge is 2.19. The highest BCUT2D eigenvalue weighted by molar-refractivity contribution is 7.98. The van der Waals surface area contributed by atoms with E-state index in [1.165, 1.54) is 0 Å². The maximum atomic E-state index is 10.9. The van der Waals surface area contributed by atoms with Crippen LogP contribution in [0.2, 0.25) is 0 Å². The highest BCUT2D eigenvalue weighted by Crippen LogP contribution is 2.05. The van der Waals surface area contributed by atoms with Gasteiger partial charge in [0.05, 0.1) is 0 Å². The first-order valence-corrected chi connectivity index (χ1v) is 7.52. The van der Waals surface area contributed by atoms with Crippen molar-refractivity contribution < 1.29 is 9.90 Å². The summed E-state index contributed by atoms with van der Waals surface area (Å²) in [4.78, 5) is 10.9. The van der Waals surface area contributed by atoms with Crippen LogP contribution < -0.4 is 5.32 Å². The lowest BCUT2D eigenvalue weighted by Crippen LogP contribution is -2.44. The molecule has 0 aromatic rings. The van der Waals surface area contributed by atoms with Crippen LogP contribution in [0.3, 0.4) is 0 Å². The van der Waals surface area contributed by atoms with Gasteiger partial charge in [-0.3, -0.25) is 4.79 Å².